The number of amides is 1. The Morgan fingerprint density at radius 3 is 2.76 bits per heavy atom. The first-order valence-corrected chi connectivity index (χ1v) is 7.20. The molecule has 0 saturated heterocycles. The maximum Gasteiger partial charge on any atom is 0.269 e. The lowest BCUT2D eigenvalue weighted by atomic mass is 10.2. The van der Waals surface area contributed by atoms with Gasteiger partial charge in [0.15, 0.2) is 0 Å². The predicted octanol–water partition coefficient (Wildman–Crippen LogP) is 2.37. The quantitative estimate of drug-likeness (QED) is 0.571. The summed E-state index contributed by atoms with van der Waals surface area (Å²) in [6, 6.07) is 6.38. The molecule has 1 aliphatic carbocycles. The number of carbonyl (C=O) groups is 1. The summed E-state index contributed by atoms with van der Waals surface area (Å²) >= 11 is 0. The molecule has 21 heavy (non-hydrogen) atoms. The van der Waals surface area contributed by atoms with Crippen molar-refractivity contribution in [2.75, 3.05) is 13.1 Å². The topological polar surface area (TPSA) is 72.7 Å². The Hall–Kier alpha value is -1.95. The Balaban J connectivity index is 1.84. The molecule has 2 rings (SSSR count). The molecule has 1 aromatic rings. The van der Waals surface area contributed by atoms with Gasteiger partial charge in [-0.05, 0) is 25.8 Å². The third-order valence-electron chi connectivity index (χ3n) is 3.71. The molecule has 0 bridgehead atoms. The van der Waals surface area contributed by atoms with Crippen LogP contribution in [0.15, 0.2) is 24.3 Å². The monoisotopic (exact) mass is 292 g/mol. The Morgan fingerprint density at radius 1 is 1.43 bits per heavy atom. The highest BCUT2D eigenvalue weighted by atomic mass is 16.6. The van der Waals surface area contributed by atoms with Crippen molar-refractivity contribution in [2.24, 2.45) is 5.92 Å². The van der Waals surface area contributed by atoms with Crippen molar-refractivity contribution >= 4 is 11.6 Å². The van der Waals surface area contributed by atoms with Gasteiger partial charge in [0.2, 0.25) is 5.91 Å². The SMILES string of the molecule is CCN(CC)C(=O)[C@@H]1C[C@H]1OCc1cccc([N+](=O)[O-])c1. The van der Waals surface area contributed by atoms with Crippen LogP contribution in [0, 0.1) is 16.0 Å². The van der Waals surface area contributed by atoms with Crippen LogP contribution in [-0.2, 0) is 16.1 Å². The van der Waals surface area contributed by atoms with Crippen LogP contribution in [0.2, 0.25) is 0 Å². The summed E-state index contributed by atoms with van der Waals surface area (Å²) < 4.78 is 5.68. The summed E-state index contributed by atoms with van der Waals surface area (Å²) in [5.74, 6) is 0.0904. The van der Waals surface area contributed by atoms with Crippen LogP contribution in [0.3, 0.4) is 0 Å². The maximum absolute atomic E-state index is 12.1. The second-order valence-corrected chi connectivity index (χ2v) is 5.13. The van der Waals surface area contributed by atoms with E-state index in [9.17, 15) is 14.9 Å². The number of rotatable bonds is 7. The number of hydrogen-bond acceptors (Lipinski definition) is 4. The lowest BCUT2D eigenvalue weighted by molar-refractivity contribution is -0.385. The van der Waals surface area contributed by atoms with Crippen LogP contribution in [0.5, 0.6) is 0 Å². The Morgan fingerprint density at radius 2 is 2.14 bits per heavy atom. The number of non-ortho nitro benzene ring substituents is 1. The molecule has 0 aliphatic heterocycles. The van der Waals surface area contributed by atoms with Gasteiger partial charge in [0.25, 0.3) is 5.69 Å². The minimum absolute atomic E-state index is 0.0522. The van der Waals surface area contributed by atoms with Gasteiger partial charge >= 0.3 is 0 Å². The zero-order chi connectivity index (χ0) is 15.4. The number of carbonyl (C=O) groups excluding carboxylic acids is 1. The molecule has 0 spiro atoms. The van der Waals surface area contributed by atoms with Gasteiger partial charge < -0.3 is 9.64 Å². The number of nitro groups is 1. The molecule has 0 aromatic heterocycles. The van der Waals surface area contributed by atoms with E-state index in [4.69, 9.17) is 4.74 Å². The molecule has 2 atom stereocenters. The molecule has 0 heterocycles. The van der Waals surface area contributed by atoms with Gasteiger partial charge in [0.05, 0.1) is 23.6 Å². The first kappa shape index (κ1) is 15.4. The van der Waals surface area contributed by atoms with E-state index in [2.05, 4.69) is 0 Å². The molecule has 1 fully saturated rings. The maximum atomic E-state index is 12.1. The molecule has 6 heteroatoms. The largest absolute Gasteiger partial charge is 0.373 e. The van der Waals surface area contributed by atoms with Gasteiger partial charge in [0.1, 0.15) is 0 Å². The number of benzene rings is 1. The van der Waals surface area contributed by atoms with Crippen molar-refractivity contribution in [3.63, 3.8) is 0 Å². The summed E-state index contributed by atoms with van der Waals surface area (Å²) in [7, 11) is 0. The molecule has 0 radical (unpaired) electrons. The molecule has 114 valence electrons. The average Bonchev–Trinajstić information content (AvgIpc) is 3.26. The number of nitrogens with zero attached hydrogens (tertiary/aromatic N) is 2. The van der Waals surface area contributed by atoms with Crippen LogP contribution in [-0.4, -0.2) is 34.9 Å². The van der Waals surface area contributed by atoms with Crippen LogP contribution >= 0.6 is 0 Å². The fourth-order valence-electron chi connectivity index (χ4n) is 2.35. The standard InChI is InChI=1S/C15H20N2O4/c1-3-16(4-2)15(18)13-9-14(13)21-10-11-6-5-7-12(8-11)17(19)20/h5-8,13-14H,3-4,9-10H2,1-2H3/t13-,14-/m1/s1. The molecule has 1 saturated carbocycles. The second-order valence-electron chi connectivity index (χ2n) is 5.13. The Kier molecular flexibility index (Phi) is 4.90. The van der Waals surface area contributed by atoms with Crippen molar-refractivity contribution < 1.29 is 14.5 Å². The normalized spacial score (nSPS) is 20.1. The summed E-state index contributed by atoms with van der Waals surface area (Å²) in [6.07, 6.45) is 0.682. The highest BCUT2D eigenvalue weighted by Crippen LogP contribution is 2.36. The van der Waals surface area contributed by atoms with Crippen molar-refractivity contribution in [3.05, 3.63) is 39.9 Å². The summed E-state index contributed by atoms with van der Waals surface area (Å²) in [5, 5.41) is 10.7. The van der Waals surface area contributed by atoms with E-state index < -0.39 is 4.92 Å². The van der Waals surface area contributed by atoms with Gasteiger partial charge in [-0.15, -0.1) is 0 Å². The Bertz CT molecular complexity index is 528. The van der Waals surface area contributed by atoms with E-state index in [1.54, 1.807) is 17.0 Å². The minimum atomic E-state index is -0.423. The average molecular weight is 292 g/mol. The zero-order valence-corrected chi connectivity index (χ0v) is 12.3. The van der Waals surface area contributed by atoms with Gasteiger partial charge in [-0.2, -0.15) is 0 Å². The molecular weight excluding hydrogens is 272 g/mol. The van der Waals surface area contributed by atoms with Crippen molar-refractivity contribution in [3.8, 4) is 0 Å². The third kappa shape index (κ3) is 3.78. The van der Waals surface area contributed by atoms with E-state index in [-0.39, 0.29) is 23.6 Å². The van der Waals surface area contributed by atoms with E-state index in [0.717, 1.165) is 12.0 Å². The van der Waals surface area contributed by atoms with Crippen molar-refractivity contribution in [1.29, 1.82) is 0 Å². The van der Waals surface area contributed by atoms with Crippen LogP contribution in [0.1, 0.15) is 25.8 Å². The smallest absolute Gasteiger partial charge is 0.269 e. The minimum Gasteiger partial charge on any atom is -0.373 e. The van der Waals surface area contributed by atoms with Gasteiger partial charge in [-0.25, -0.2) is 0 Å². The third-order valence-corrected chi connectivity index (χ3v) is 3.71. The second kappa shape index (κ2) is 6.67. The van der Waals surface area contributed by atoms with Crippen LogP contribution in [0.4, 0.5) is 5.69 Å². The van der Waals surface area contributed by atoms with Gasteiger partial charge in [0, 0.05) is 25.2 Å². The highest BCUT2D eigenvalue weighted by Gasteiger charge is 2.45. The fourth-order valence-corrected chi connectivity index (χ4v) is 2.35. The van der Waals surface area contributed by atoms with E-state index in [0.29, 0.717) is 19.7 Å². The number of hydrogen-bond donors (Lipinski definition) is 0. The lowest BCUT2D eigenvalue weighted by Crippen LogP contribution is -2.32. The zero-order valence-electron chi connectivity index (χ0n) is 12.3. The van der Waals surface area contributed by atoms with Gasteiger partial charge in [-0.1, -0.05) is 12.1 Å². The van der Waals surface area contributed by atoms with E-state index in [1.807, 2.05) is 13.8 Å². The molecule has 1 aromatic carbocycles. The number of ether oxygens (including phenoxy) is 1. The number of nitro benzene ring substituents is 1. The van der Waals surface area contributed by atoms with Crippen molar-refractivity contribution in [2.45, 2.75) is 33.0 Å². The molecular formula is C15H20N2O4. The molecule has 1 aliphatic rings. The predicted molar refractivity (Wildman–Crippen MR) is 77.7 cm³/mol. The molecule has 0 N–H and O–H groups in total. The first-order valence-electron chi connectivity index (χ1n) is 7.20. The van der Waals surface area contributed by atoms with E-state index >= 15 is 0 Å². The highest BCUT2D eigenvalue weighted by molar-refractivity contribution is 5.82. The van der Waals surface area contributed by atoms with E-state index in [1.165, 1.54) is 12.1 Å². The Labute approximate surface area is 123 Å². The van der Waals surface area contributed by atoms with Crippen LogP contribution in [0.25, 0.3) is 0 Å². The lowest BCUT2D eigenvalue weighted by Gasteiger charge is -2.18. The molecule has 6 nitrogen and oxygen atoms in total. The molecule has 0 unspecified atom stereocenters. The fraction of sp³-hybridized carbons (Fsp3) is 0.533. The first-order chi connectivity index (χ1) is 10.1. The molecule has 1 amide bonds. The van der Waals surface area contributed by atoms with Crippen molar-refractivity contribution in [1.82, 2.24) is 4.90 Å². The summed E-state index contributed by atoms with van der Waals surface area (Å²) in [5.41, 5.74) is 0.813. The van der Waals surface area contributed by atoms with Gasteiger partial charge in [-0.3, -0.25) is 14.9 Å². The summed E-state index contributed by atoms with van der Waals surface area (Å²) in [4.78, 5) is 24.2. The van der Waals surface area contributed by atoms with Crippen LogP contribution < -0.4 is 0 Å². The summed E-state index contributed by atoms with van der Waals surface area (Å²) in [6.45, 7) is 5.65.